The molecule has 1 atom stereocenters. The summed E-state index contributed by atoms with van der Waals surface area (Å²) >= 11 is 1.99. The zero-order valence-corrected chi connectivity index (χ0v) is 8.27. The number of rotatable bonds is 3. The number of hydrogen-bond acceptors (Lipinski definition) is 2. The third kappa shape index (κ3) is 3.05. The first-order valence-corrected chi connectivity index (χ1v) is 5.66. The van der Waals surface area contributed by atoms with Crippen LogP contribution in [0.2, 0.25) is 0 Å². The topological polar surface area (TPSA) is 37.3 Å². The van der Waals surface area contributed by atoms with E-state index in [1.165, 1.54) is 24.3 Å². The lowest BCUT2D eigenvalue weighted by atomic mass is 9.91. The van der Waals surface area contributed by atoms with Crippen LogP contribution < -0.4 is 0 Å². The lowest BCUT2D eigenvalue weighted by molar-refractivity contribution is -0.141. The summed E-state index contributed by atoms with van der Waals surface area (Å²) in [5, 5.41) is 8.71. The van der Waals surface area contributed by atoms with E-state index in [1.54, 1.807) is 0 Å². The maximum Gasteiger partial charge on any atom is 0.306 e. The van der Waals surface area contributed by atoms with E-state index < -0.39 is 5.97 Å². The Labute approximate surface area is 77.7 Å². The molecular formula is C9H16O2S. The highest BCUT2D eigenvalue weighted by Gasteiger charge is 2.19. The Bertz CT molecular complexity index is 153. The molecule has 1 N–H and O–H groups in total. The number of carboxylic acids is 1. The summed E-state index contributed by atoms with van der Waals surface area (Å²) in [4.78, 5) is 10.6. The number of carboxylic acid groups (broad SMARTS) is 1. The van der Waals surface area contributed by atoms with Gasteiger partial charge in [0.15, 0.2) is 0 Å². The maximum atomic E-state index is 10.6. The van der Waals surface area contributed by atoms with Crippen LogP contribution in [0.1, 0.15) is 26.2 Å². The molecule has 1 aliphatic heterocycles. The van der Waals surface area contributed by atoms with Gasteiger partial charge in [-0.25, -0.2) is 0 Å². The molecule has 0 amide bonds. The van der Waals surface area contributed by atoms with E-state index in [4.69, 9.17) is 5.11 Å². The molecule has 2 nitrogen and oxygen atoms in total. The second-order valence-electron chi connectivity index (χ2n) is 3.53. The van der Waals surface area contributed by atoms with E-state index >= 15 is 0 Å². The van der Waals surface area contributed by atoms with Crippen molar-refractivity contribution >= 4 is 17.7 Å². The molecular weight excluding hydrogens is 172 g/mol. The summed E-state index contributed by atoms with van der Waals surface area (Å²) < 4.78 is 0. The fraction of sp³-hybridized carbons (Fsp3) is 0.889. The lowest BCUT2D eigenvalue weighted by Gasteiger charge is -2.22. The molecule has 0 spiro atoms. The second-order valence-corrected chi connectivity index (χ2v) is 4.76. The van der Waals surface area contributed by atoms with E-state index in [0.29, 0.717) is 5.92 Å². The van der Waals surface area contributed by atoms with Crippen LogP contribution in [0.15, 0.2) is 0 Å². The van der Waals surface area contributed by atoms with Crippen molar-refractivity contribution in [3.05, 3.63) is 0 Å². The highest BCUT2D eigenvalue weighted by atomic mass is 32.2. The van der Waals surface area contributed by atoms with Gasteiger partial charge in [0.2, 0.25) is 0 Å². The van der Waals surface area contributed by atoms with Crippen molar-refractivity contribution in [1.82, 2.24) is 0 Å². The monoisotopic (exact) mass is 188 g/mol. The molecule has 1 saturated heterocycles. The quantitative estimate of drug-likeness (QED) is 0.738. The third-order valence-electron chi connectivity index (χ3n) is 2.45. The van der Waals surface area contributed by atoms with E-state index in [2.05, 4.69) is 0 Å². The minimum atomic E-state index is -0.645. The molecule has 0 aromatic carbocycles. The molecule has 0 aliphatic carbocycles. The molecule has 1 rings (SSSR count). The Morgan fingerprint density at radius 2 is 2.17 bits per heavy atom. The average Bonchev–Trinajstić information content (AvgIpc) is 2.06. The Morgan fingerprint density at radius 1 is 1.58 bits per heavy atom. The summed E-state index contributed by atoms with van der Waals surface area (Å²) in [6, 6.07) is 0. The molecule has 0 bridgehead atoms. The van der Waals surface area contributed by atoms with Gasteiger partial charge in [-0.05, 0) is 36.7 Å². The molecule has 1 heterocycles. The molecule has 12 heavy (non-hydrogen) atoms. The van der Waals surface area contributed by atoms with Crippen LogP contribution >= 0.6 is 11.8 Å². The first-order valence-electron chi connectivity index (χ1n) is 4.50. The van der Waals surface area contributed by atoms with Crippen LogP contribution in [0, 0.1) is 11.8 Å². The summed E-state index contributed by atoms with van der Waals surface area (Å²) in [7, 11) is 0. The van der Waals surface area contributed by atoms with E-state index in [-0.39, 0.29) is 5.92 Å². The van der Waals surface area contributed by atoms with Crippen LogP contribution in [-0.2, 0) is 4.79 Å². The Kier molecular flexibility index (Phi) is 3.92. The molecule has 1 unspecified atom stereocenters. The Morgan fingerprint density at radius 3 is 2.67 bits per heavy atom. The zero-order chi connectivity index (χ0) is 8.97. The fourth-order valence-corrected chi connectivity index (χ4v) is 2.79. The number of aliphatic carboxylic acids is 1. The molecule has 0 aromatic rings. The van der Waals surface area contributed by atoms with Gasteiger partial charge in [0.1, 0.15) is 0 Å². The largest absolute Gasteiger partial charge is 0.481 e. The first kappa shape index (κ1) is 9.90. The van der Waals surface area contributed by atoms with E-state index in [0.717, 1.165) is 6.42 Å². The van der Waals surface area contributed by atoms with Crippen molar-refractivity contribution in [2.75, 3.05) is 11.5 Å². The van der Waals surface area contributed by atoms with Crippen LogP contribution in [-0.4, -0.2) is 22.6 Å². The van der Waals surface area contributed by atoms with Crippen molar-refractivity contribution < 1.29 is 9.90 Å². The number of thioether (sulfide) groups is 1. The summed E-state index contributed by atoms with van der Waals surface area (Å²) in [5.74, 6) is 2.30. The molecule has 70 valence electrons. The van der Waals surface area contributed by atoms with Gasteiger partial charge in [0.25, 0.3) is 0 Å². The van der Waals surface area contributed by atoms with Crippen molar-refractivity contribution in [3.63, 3.8) is 0 Å². The molecule has 1 fully saturated rings. The lowest BCUT2D eigenvalue weighted by Crippen LogP contribution is -2.18. The van der Waals surface area contributed by atoms with Crippen molar-refractivity contribution in [1.29, 1.82) is 0 Å². The molecule has 0 saturated carbocycles. The van der Waals surface area contributed by atoms with Crippen LogP contribution in [0.25, 0.3) is 0 Å². The van der Waals surface area contributed by atoms with Gasteiger partial charge in [-0.2, -0.15) is 11.8 Å². The molecule has 3 heteroatoms. The van der Waals surface area contributed by atoms with Crippen LogP contribution in [0.3, 0.4) is 0 Å². The fourth-order valence-electron chi connectivity index (χ4n) is 1.58. The average molecular weight is 188 g/mol. The predicted octanol–water partition coefficient (Wildman–Crippen LogP) is 2.24. The van der Waals surface area contributed by atoms with Crippen LogP contribution in [0.5, 0.6) is 0 Å². The van der Waals surface area contributed by atoms with Gasteiger partial charge in [0.05, 0.1) is 5.92 Å². The van der Waals surface area contributed by atoms with Crippen molar-refractivity contribution in [3.8, 4) is 0 Å². The van der Waals surface area contributed by atoms with E-state index in [9.17, 15) is 4.79 Å². The highest BCUT2D eigenvalue weighted by Crippen LogP contribution is 2.27. The minimum absolute atomic E-state index is 0.155. The third-order valence-corrected chi connectivity index (χ3v) is 3.50. The zero-order valence-electron chi connectivity index (χ0n) is 7.45. The maximum absolute atomic E-state index is 10.6. The highest BCUT2D eigenvalue weighted by molar-refractivity contribution is 7.99. The summed E-state index contributed by atoms with van der Waals surface area (Å²) in [5.41, 5.74) is 0. The van der Waals surface area contributed by atoms with Gasteiger partial charge in [-0.15, -0.1) is 0 Å². The minimum Gasteiger partial charge on any atom is -0.481 e. The van der Waals surface area contributed by atoms with Gasteiger partial charge in [-0.3, -0.25) is 4.79 Å². The van der Waals surface area contributed by atoms with Gasteiger partial charge in [0, 0.05) is 0 Å². The second kappa shape index (κ2) is 4.75. The smallest absolute Gasteiger partial charge is 0.306 e. The van der Waals surface area contributed by atoms with Crippen molar-refractivity contribution in [2.45, 2.75) is 26.2 Å². The standard InChI is InChI=1S/C9H16O2S/c1-7(9(10)11)6-8-2-4-12-5-3-8/h7-8H,2-6H2,1H3,(H,10,11). The van der Waals surface area contributed by atoms with Crippen LogP contribution in [0.4, 0.5) is 0 Å². The molecule has 0 radical (unpaired) electrons. The summed E-state index contributed by atoms with van der Waals surface area (Å²) in [6.45, 7) is 1.81. The Balaban J connectivity index is 2.24. The van der Waals surface area contributed by atoms with Crippen molar-refractivity contribution in [2.24, 2.45) is 11.8 Å². The normalized spacial score (nSPS) is 22.1. The SMILES string of the molecule is CC(CC1CCSCC1)C(=O)O. The van der Waals surface area contributed by atoms with Gasteiger partial charge >= 0.3 is 5.97 Å². The predicted molar refractivity (Wildman–Crippen MR) is 51.5 cm³/mol. The Hall–Kier alpha value is -0.180. The van der Waals surface area contributed by atoms with Gasteiger partial charge in [-0.1, -0.05) is 6.92 Å². The van der Waals surface area contributed by atoms with Gasteiger partial charge < -0.3 is 5.11 Å². The number of hydrogen-bond donors (Lipinski definition) is 1. The summed E-state index contributed by atoms with van der Waals surface area (Å²) in [6.07, 6.45) is 3.29. The molecule has 1 aliphatic rings. The molecule has 0 aromatic heterocycles. The van der Waals surface area contributed by atoms with E-state index in [1.807, 2.05) is 18.7 Å². The number of carbonyl (C=O) groups is 1. The first-order chi connectivity index (χ1) is 5.70.